The zero-order chi connectivity index (χ0) is 11.4. The first kappa shape index (κ1) is 11.1. The average molecular weight is 220 g/mol. The quantitative estimate of drug-likeness (QED) is 0.802. The Labute approximate surface area is 94.9 Å². The van der Waals surface area contributed by atoms with Crippen LogP contribution in [0.2, 0.25) is 0 Å². The van der Waals surface area contributed by atoms with E-state index < -0.39 is 0 Å². The van der Waals surface area contributed by atoms with Crippen LogP contribution in [0.25, 0.3) is 0 Å². The Morgan fingerprint density at radius 2 is 2.38 bits per heavy atom. The minimum Gasteiger partial charge on any atom is -0.396 e. The van der Waals surface area contributed by atoms with E-state index in [-0.39, 0.29) is 12.5 Å². The molecule has 1 amide bonds. The van der Waals surface area contributed by atoms with Crippen molar-refractivity contribution in [1.82, 2.24) is 9.88 Å². The molecule has 2 rings (SSSR count). The second-order valence-corrected chi connectivity index (χ2v) is 4.21. The molecule has 0 aliphatic carbocycles. The summed E-state index contributed by atoms with van der Waals surface area (Å²) in [6.07, 6.45) is 4.79. The number of nitrogens with zero attached hydrogens (tertiary/aromatic N) is 2. The molecule has 86 valence electrons. The molecule has 0 unspecified atom stereocenters. The van der Waals surface area contributed by atoms with Gasteiger partial charge >= 0.3 is 0 Å². The highest BCUT2D eigenvalue weighted by Gasteiger charge is 2.29. The average Bonchev–Trinajstić information content (AvgIpc) is 2.26. The minimum atomic E-state index is 0.175. The molecule has 0 aromatic carbocycles. The third-order valence-corrected chi connectivity index (χ3v) is 2.92. The fourth-order valence-corrected chi connectivity index (χ4v) is 1.84. The molecule has 1 fully saturated rings. The molecule has 1 N–H and O–H groups in total. The molecule has 4 nitrogen and oxygen atoms in total. The van der Waals surface area contributed by atoms with Crippen LogP contribution in [0.1, 0.15) is 12.0 Å². The van der Waals surface area contributed by atoms with Crippen molar-refractivity contribution in [2.45, 2.75) is 12.8 Å². The van der Waals surface area contributed by atoms with E-state index in [1.54, 1.807) is 17.3 Å². The molecule has 1 saturated heterocycles. The Hall–Kier alpha value is -1.42. The number of carbonyl (C=O) groups is 1. The molecular formula is C12H16N2O2. The smallest absolute Gasteiger partial charge is 0.222 e. The number of aryl methyl sites for hydroxylation is 1. The van der Waals surface area contributed by atoms with Gasteiger partial charge in [0.25, 0.3) is 0 Å². The second-order valence-electron chi connectivity index (χ2n) is 4.21. The maximum atomic E-state index is 11.7. The first-order valence-electron chi connectivity index (χ1n) is 5.57. The van der Waals surface area contributed by atoms with Crippen molar-refractivity contribution in [2.24, 2.45) is 5.92 Å². The summed E-state index contributed by atoms with van der Waals surface area (Å²) in [6, 6.07) is 3.86. The Morgan fingerprint density at radius 3 is 3.00 bits per heavy atom. The normalized spacial score (nSPS) is 15.9. The predicted molar refractivity (Wildman–Crippen MR) is 59.7 cm³/mol. The van der Waals surface area contributed by atoms with Crippen molar-refractivity contribution in [3.63, 3.8) is 0 Å². The Balaban J connectivity index is 1.73. The van der Waals surface area contributed by atoms with Gasteiger partial charge in [0.15, 0.2) is 0 Å². The molecular weight excluding hydrogens is 204 g/mol. The number of rotatable bonds is 4. The van der Waals surface area contributed by atoms with Gasteiger partial charge in [-0.3, -0.25) is 9.78 Å². The number of pyridine rings is 1. The molecule has 16 heavy (non-hydrogen) atoms. The molecule has 1 aliphatic rings. The summed E-state index contributed by atoms with van der Waals surface area (Å²) >= 11 is 0. The first-order chi connectivity index (χ1) is 7.79. The van der Waals surface area contributed by atoms with E-state index in [1.165, 1.54) is 0 Å². The van der Waals surface area contributed by atoms with Gasteiger partial charge in [0.2, 0.25) is 5.91 Å². The predicted octanol–water partition coefficient (Wildman–Crippen LogP) is 0.465. The molecule has 1 aromatic rings. The van der Waals surface area contributed by atoms with E-state index in [0.717, 1.165) is 12.0 Å². The second kappa shape index (κ2) is 5.07. The number of amides is 1. The molecule has 4 heteroatoms. The molecule has 1 aromatic heterocycles. The molecule has 1 aliphatic heterocycles. The maximum Gasteiger partial charge on any atom is 0.222 e. The van der Waals surface area contributed by atoms with Gasteiger partial charge in [-0.1, -0.05) is 6.07 Å². The number of likely N-dealkylation sites (tertiary alicyclic amines) is 1. The van der Waals surface area contributed by atoms with Gasteiger partial charge in [-0.2, -0.15) is 0 Å². The number of aromatic nitrogens is 1. The Morgan fingerprint density at radius 1 is 1.56 bits per heavy atom. The van der Waals surface area contributed by atoms with Gasteiger partial charge in [0, 0.05) is 44.4 Å². The van der Waals surface area contributed by atoms with Crippen LogP contribution < -0.4 is 0 Å². The fourth-order valence-electron chi connectivity index (χ4n) is 1.84. The summed E-state index contributed by atoms with van der Waals surface area (Å²) in [4.78, 5) is 17.5. The summed E-state index contributed by atoms with van der Waals surface area (Å²) < 4.78 is 0. The lowest BCUT2D eigenvalue weighted by molar-refractivity contribution is -0.138. The number of aliphatic hydroxyl groups is 1. The summed E-state index contributed by atoms with van der Waals surface area (Å²) in [7, 11) is 0. The monoisotopic (exact) mass is 220 g/mol. The zero-order valence-electron chi connectivity index (χ0n) is 9.17. The topological polar surface area (TPSA) is 53.4 Å². The molecule has 2 heterocycles. The van der Waals surface area contributed by atoms with Crippen LogP contribution in [0, 0.1) is 5.92 Å². The van der Waals surface area contributed by atoms with Crippen LogP contribution in [0.4, 0.5) is 0 Å². The summed E-state index contributed by atoms with van der Waals surface area (Å²) in [5.41, 5.74) is 1.09. The van der Waals surface area contributed by atoms with E-state index in [4.69, 9.17) is 5.11 Å². The lowest BCUT2D eigenvalue weighted by atomic mass is 10.0. The molecule has 0 radical (unpaired) electrons. The highest BCUT2D eigenvalue weighted by atomic mass is 16.3. The van der Waals surface area contributed by atoms with Gasteiger partial charge in [-0.05, 0) is 18.1 Å². The number of hydrogen-bond acceptors (Lipinski definition) is 3. The van der Waals surface area contributed by atoms with Crippen LogP contribution >= 0.6 is 0 Å². The lowest BCUT2D eigenvalue weighted by Gasteiger charge is -2.38. The van der Waals surface area contributed by atoms with Gasteiger partial charge in [-0.15, -0.1) is 0 Å². The van der Waals surface area contributed by atoms with Crippen LogP contribution in [0.15, 0.2) is 24.5 Å². The van der Waals surface area contributed by atoms with Crippen molar-refractivity contribution in [1.29, 1.82) is 0 Å². The summed E-state index contributed by atoms with van der Waals surface area (Å²) in [6.45, 7) is 1.61. The largest absolute Gasteiger partial charge is 0.396 e. The van der Waals surface area contributed by atoms with Crippen LogP contribution in [0.3, 0.4) is 0 Å². The summed E-state index contributed by atoms with van der Waals surface area (Å²) in [5.74, 6) is 0.468. The van der Waals surface area contributed by atoms with E-state index in [1.807, 2.05) is 12.1 Å². The third-order valence-electron chi connectivity index (χ3n) is 2.92. The Bertz CT molecular complexity index is 347. The standard InChI is InChI=1S/C12H16N2O2/c15-9-11-7-14(8-11)12(16)4-3-10-2-1-5-13-6-10/h1-2,5-6,11,15H,3-4,7-9H2. The van der Waals surface area contributed by atoms with E-state index in [2.05, 4.69) is 4.98 Å². The van der Waals surface area contributed by atoms with Gasteiger partial charge in [0.05, 0.1) is 0 Å². The van der Waals surface area contributed by atoms with Crippen LogP contribution in [-0.4, -0.2) is 40.6 Å². The number of aliphatic hydroxyl groups excluding tert-OH is 1. The SMILES string of the molecule is O=C(CCc1cccnc1)N1CC(CO)C1. The van der Waals surface area contributed by atoms with Crippen molar-refractivity contribution < 1.29 is 9.90 Å². The minimum absolute atomic E-state index is 0.175. The first-order valence-corrected chi connectivity index (χ1v) is 5.57. The van der Waals surface area contributed by atoms with E-state index >= 15 is 0 Å². The summed E-state index contributed by atoms with van der Waals surface area (Å²) in [5, 5.41) is 8.85. The van der Waals surface area contributed by atoms with Crippen molar-refractivity contribution in [2.75, 3.05) is 19.7 Å². The van der Waals surface area contributed by atoms with E-state index in [0.29, 0.717) is 25.4 Å². The van der Waals surface area contributed by atoms with Gasteiger partial charge in [0.1, 0.15) is 0 Å². The molecule has 0 spiro atoms. The highest BCUT2D eigenvalue weighted by molar-refractivity contribution is 5.77. The van der Waals surface area contributed by atoms with Crippen molar-refractivity contribution in [3.05, 3.63) is 30.1 Å². The molecule has 0 bridgehead atoms. The van der Waals surface area contributed by atoms with Crippen molar-refractivity contribution in [3.8, 4) is 0 Å². The number of carbonyl (C=O) groups excluding carboxylic acids is 1. The van der Waals surface area contributed by atoms with Gasteiger partial charge in [-0.25, -0.2) is 0 Å². The Kier molecular flexibility index (Phi) is 3.51. The third kappa shape index (κ3) is 2.58. The van der Waals surface area contributed by atoms with E-state index in [9.17, 15) is 4.79 Å². The molecule has 0 atom stereocenters. The maximum absolute atomic E-state index is 11.7. The van der Waals surface area contributed by atoms with Crippen molar-refractivity contribution >= 4 is 5.91 Å². The fraction of sp³-hybridized carbons (Fsp3) is 0.500. The number of hydrogen-bond donors (Lipinski definition) is 1. The van der Waals surface area contributed by atoms with Gasteiger partial charge < -0.3 is 10.0 Å². The zero-order valence-corrected chi connectivity index (χ0v) is 9.17. The highest BCUT2D eigenvalue weighted by Crippen LogP contribution is 2.16. The van der Waals surface area contributed by atoms with Crippen LogP contribution in [-0.2, 0) is 11.2 Å². The molecule has 0 saturated carbocycles. The lowest BCUT2D eigenvalue weighted by Crippen LogP contribution is -2.51. The van der Waals surface area contributed by atoms with Crippen LogP contribution in [0.5, 0.6) is 0 Å².